The minimum atomic E-state index is -0.597. The lowest BCUT2D eigenvalue weighted by atomic mass is 10.2. The van der Waals surface area contributed by atoms with E-state index in [1.165, 1.54) is 23.1 Å². The molecule has 0 unspecified atom stereocenters. The van der Waals surface area contributed by atoms with Crippen molar-refractivity contribution in [1.82, 2.24) is 15.1 Å². The number of nitrogens with zero attached hydrogens (tertiary/aromatic N) is 2. The fourth-order valence-electron chi connectivity index (χ4n) is 2.82. The number of nitrogens with one attached hydrogen (secondary N) is 1. The average molecular weight is 396 g/mol. The zero-order valence-electron chi connectivity index (χ0n) is 14.1. The molecule has 2 heterocycles. The van der Waals surface area contributed by atoms with E-state index in [0.717, 1.165) is 24.0 Å². The van der Waals surface area contributed by atoms with Gasteiger partial charge in [-0.1, -0.05) is 23.7 Å². The van der Waals surface area contributed by atoms with Crippen LogP contribution in [-0.2, 0) is 11.3 Å². The fourth-order valence-corrected chi connectivity index (χ4v) is 3.95. The summed E-state index contributed by atoms with van der Waals surface area (Å²) < 4.78 is 14.4. The van der Waals surface area contributed by atoms with Gasteiger partial charge in [0.25, 0.3) is 5.91 Å². The van der Waals surface area contributed by atoms with Crippen LogP contribution >= 0.6 is 22.9 Å². The smallest absolute Gasteiger partial charge is 0.254 e. The van der Waals surface area contributed by atoms with Crippen LogP contribution in [0.5, 0.6) is 0 Å². The Morgan fingerprint density at radius 2 is 1.85 bits per heavy atom. The number of piperazine rings is 1. The van der Waals surface area contributed by atoms with Crippen molar-refractivity contribution in [1.29, 1.82) is 0 Å². The van der Waals surface area contributed by atoms with Gasteiger partial charge in [-0.3, -0.25) is 14.5 Å². The standard InChI is InChI=1S/C18H19ClFN3O2S/c19-16-6-5-13(26-16)12-22-7-9-23(10-8-22)17(24)11-21-18(25)14-3-1-2-4-15(14)20/h1-6H,7-12H2,(H,21,25). The Kier molecular flexibility index (Phi) is 6.24. The van der Waals surface area contributed by atoms with Crippen molar-refractivity contribution in [2.24, 2.45) is 0 Å². The first kappa shape index (κ1) is 18.8. The first-order valence-electron chi connectivity index (χ1n) is 8.30. The Balaban J connectivity index is 1.43. The van der Waals surface area contributed by atoms with Crippen molar-refractivity contribution in [3.8, 4) is 0 Å². The van der Waals surface area contributed by atoms with Crippen molar-refractivity contribution >= 4 is 34.8 Å². The molecule has 2 amide bonds. The first-order valence-corrected chi connectivity index (χ1v) is 9.49. The number of benzene rings is 1. The lowest BCUT2D eigenvalue weighted by molar-refractivity contribution is -0.131. The summed E-state index contributed by atoms with van der Waals surface area (Å²) in [5, 5.41) is 2.49. The third-order valence-corrected chi connectivity index (χ3v) is 5.47. The number of rotatable bonds is 5. The second-order valence-corrected chi connectivity index (χ2v) is 7.82. The maximum atomic E-state index is 13.6. The van der Waals surface area contributed by atoms with Crippen molar-refractivity contribution in [2.75, 3.05) is 32.7 Å². The molecule has 1 fully saturated rings. The maximum absolute atomic E-state index is 13.6. The van der Waals surface area contributed by atoms with E-state index in [4.69, 9.17) is 11.6 Å². The van der Waals surface area contributed by atoms with Gasteiger partial charge in [0.15, 0.2) is 0 Å². The number of carbonyl (C=O) groups is 2. The predicted molar refractivity (Wildman–Crippen MR) is 99.9 cm³/mol. The molecule has 1 aliphatic heterocycles. The third-order valence-electron chi connectivity index (χ3n) is 4.25. The molecule has 26 heavy (non-hydrogen) atoms. The highest BCUT2D eigenvalue weighted by molar-refractivity contribution is 7.16. The molecular weight excluding hydrogens is 377 g/mol. The average Bonchev–Trinajstić information content (AvgIpc) is 3.05. The molecule has 1 aromatic heterocycles. The van der Waals surface area contributed by atoms with Gasteiger partial charge >= 0.3 is 0 Å². The van der Waals surface area contributed by atoms with Crippen molar-refractivity contribution in [3.63, 3.8) is 0 Å². The number of halogens is 2. The lowest BCUT2D eigenvalue weighted by Crippen LogP contribution is -2.50. The minimum absolute atomic E-state index is 0.0558. The lowest BCUT2D eigenvalue weighted by Gasteiger charge is -2.34. The molecule has 0 saturated carbocycles. The summed E-state index contributed by atoms with van der Waals surface area (Å²) in [6.07, 6.45) is 0. The summed E-state index contributed by atoms with van der Waals surface area (Å²) in [6.45, 7) is 3.43. The second kappa shape index (κ2) is 8.62. The number of thiophene rings is 1. The van der Waals surface area contributed by atoms with E-state index < -0.39 is 11.7 Å². The van der Waals surface area contributed by atoms with Crippen LogP contribution in [0.2, 0.25) is 4.34 Å². The predicted octanol–water partition coefficient (Wildman–Crippen LogP) is 2.61. The van der Waals surface area contributed by atoms with Crippen LogP contribution in [0.25, 0.3) is 0 Å². The Hall–Kier alpha value is -1.96. The molecule has 2 aromatic rings. The van der Waals surface area contributed by atoms with Crippen LogP contribution in [0.4, 0.5) is 4.39 Å². The molecule has 1 aromatic carbocycles. The van der Waals surface area contributed by atoms with Crippen molar-refractivity contribution in [2.45, 2.75) is 6.54 Å². The zero-order chi connectivity index (χ0) is 18.5. The van der Waals surface area contributed by atoms with Gasteiger partial charge < -0.3 is 10.2 Å². The molecule has 5 nitrogen and oxygen atoms in total. The number of hydrogen-bond acceptors (Lipinski definition) is 4. The minimum Gasteiger partial charge on any atom is -0.343 e. The molecule has 1 N–H and O–H groups in total. The van der Waals surface area contributed by atoms with Gasteiger partial charge in [0.05, 0.1) is 16.4 Å². The van der Waals surface area contributed by atoms with Gasteiger partial charge in [-0.15, -0.1) is 11.3 Å². The van der Waals surface area contributed by atoms with E-state index in [-0.39, 0.29) is 18.0 Å². The number of amides is 2. The first-order chi connectivity index (χ1) is 12.5. The molecular formula is C18H19ClFN3O2S. The van der Waals surface area contributed by atoms with E-state index >= 15 is 0 Å². The SMILES string of the molecule is O=C(NCC(=O)N1CCN(Cc2ccc(Cl)s2)CC1)c1ccccc1F. The second-order valence-electron chi connectivity index (χ2n) is 6.03. The normalized spacial score (nSPS) is 15.1. The Morgan fingerprint density at radius 3 is 2.50 bits per heavy atom. The largest absolute Gasteiger partial charge is 0.343 e. The molecule has 1 aliphatic rings. The molecule has 0 aliphatic carbocycles. The van der Waals surface area contributed by atoms with E-state index in [1.807, 2.05) is 12.1 Å². The van der Waals surface area contributed by atoms with Crippen LogP contribution in [0.1, 0.15) is 15.2 Å². The summed E-state index contributed by atoms with van der Waals surface area (Å²) in [5.74, 6) is -1.34. The third kappa shape index (κ3) is 4.81. The summed E-state index contributed by atoms with van der Waals surface area (Å²) in [5.41, 5.74) is -0.0558. The molecule has 138 valence electrons. The Morgan fingerprint density at radius 1 is 1.12 bits per heavy atom. The van der Waals surface area contributed by atoms with E-state index in [9.17, 15) is 14.0 Å². The number of carbonyl (C=O) groups excluding carboxylic acids is 2. The van der Waals surface area contributed by atoms with E-state index in [0.29, 0.717) is 13.1 Å². The topological polar surface area (TPSA) is 52.7 Å². The summed E-state index contributed by atoms with van der Waals surface area (Å²) in [6, 6.07) is 9.62. The highest BCUT2D eigenvalue weighted by Crippen LogP contribution is 2.23. The molecule has 1 saturated heterocycles. The van der Waals surface area contributed by atoms with E-state index in [2.05, 4.69) is 10.2 Å². The molecule has 0 spiro atoms. The molecule has 0 atom stereocenters. The molecule has 3 rings (SSSR count). The molecule has 0 radical (unpaired) electrons. The maximum Gasteiger partial charge on any atom is 0.254 e. The van der Waals surface area contributed by atoms with Gasteiger partial charge in [-0.05, 0) is 24.3 Å². The monoisotopic (exact) mass is 395 g/mol. The van der Waals surface area contributed by atoms with Crippen molar-refractivity contribution < 1.29 is 14.0 Å². The fraction of sp³-hybridized carbons (Fsp3) is 0.333. The quantitative estimate of drug-likeness (QED) is 0.846. The highest BCUT2D eigenvalue weighted by Gasteiger charge is 2.22. The van der Waals surface area contributed by atoms with Gasteiger partial charge in [0.2, 0.25) is 5.91 Å². The van der Waals surface area contributed by atoms with Crippen LogP contribution < -0.4 is 5.32 Å². The summed E-state index contributed by atoms with van der Waals surface area (Å²) in [7, 11) is 0. The van der Waals surface area contributed by atoms with Gasteiger partial charge in [-0.2, -0.15) is 0 Å². The number of hydrogen-bond donors (Lipinski definition) is 1. The van der Waals surface area contributed by atoms with Crippen LogP contribution in [0.15, 0.2) is 36.4 Å². The van der Waals surface area contributed by atoms with Crippen LogP contribution in [0, 0.1) is 5.82 Å². The summed E-state index contributed by atoms with van der Waals surface area (Å²) >= 11 is 7.51. The van der Waals surface area contributed by atoms with Crippen molar-refractivity contribution in [3.05, 3.63) is 57.0 Å². The Labute approximate surface area is 160 Å². The molecule has 0 bridgehead atoms. The highest BCUT2D eigenvalue weighted by atomic mass is 35.5. The van der Waals surface area contributed by atoms with Gasteiger partial charge in [-0.25, -0.2) is 4.39 Å². The zero-order valence-corrected chi connectivity index (χ0v) is 15.7. The molecule has 8 heteroatoms. The van der Waals surface area contributed by atoms with Gasteiger partial charge in [0.1, 0.15) is 5.82 Å². The van der Waals surface area contributed by atoms with Crippen LogP contribution in [0.3, 0.4) is 0 Å². The van der Waals surface area contributed by atoms with Crippen LogP contribution in [-0.4, -0.2) is 54.3 Å². The summed E-state index contributed by atoms with van der Waals surface area (Å²) in [4.78, 5) is 29.4. The van der Waals surface area contributed by atoms with E-state index in [1.54, 1.807) is 22.3 Å². The Bertz CT molecular complexity index is 790. The van der Waals surface area contributed by atoms with Gasteiger partial charge in [0, 0.05) is 37.6 Å².